The molecule has 1 fully saturated rings. The van der Waals surface area contributed by atoms with E-state index in [-0.39, 0.29) is 25.5 Å². The summed E-state index contributed by atoms with van der Waals surface area (Å²) in [6.07, 6.45) is 0.181. The summed E-state index contributed by atoms with van der Waals surface area (Å²) in [6, 6.07) is -0.514. The number of aryl methyl sites for hydroxylation is 2. The van der Waals surface area contributed by atoms with Gasteiger partial charge in [0.1, 0.15) is 5.41 Å². The van der Waals surface area contributed by atoms with Crippen molar-refractivity contribution in [2.45, 2.75) is 33.2 Å². The van der Waals surface area contributed by atoms with Gasteiger partial charge in [0, 0.05) is 11.3 Å². The van der Waals surface area contributed by atoms with E-state index in [2.05, 4.69) is 15.5 Å². The number of rotatable bonds is 4. The number of aromatic nitrogens is 2. The van der Waals surface area contributed by atoms with Crippen LogP contribution in [0.15, 0.2) is 0 Å². The van der Waals surface area contributed by atoms with Gasteiger partial charge in [-0.15, -0.1) is 0 Å². The summed E-state index contributed by atoms with van der Waals surface area (Å²) in [6.45, 7) is 5.59. The molecule has 1 aromatic heterocycles. The Hall–Kier alpha value is -1.89. The molecule has 2 unspecified atom stereocenters. The van der Waals surface area contributed by atoms with Gasteiger partial charge in [0.25, 0.3) is 0 Å². The van der Waals surface area contributed by atoms with Gasteiger partial charge < -0.3 is 15.2 Å². The summed E-state index contributed by atoms with van der Waals surface area (Å²) in [7, 11) is 0. The fraction of sp³-hybridized carbons (Fsp3) is 0.615. The number of nitrogens with zero attached hydrogens (tertiary/aromatic N) is 1. The smallest absolute Gasteiger partial charge is 0.313 e. The topological polar surface area (TPSA) is 104 Å². The first-order valence-electron chi connectivity index (χ1n) is 6.45. The number of hydrogen-bond acceptors (Lipinski definition) is 4. The third kappa shape index (κ3) is 2.53. The van der Waals surface area contributed by atoms with Crippen molar-refractivity contribution in [3.8, 4) is 0 Å². The highest BCUT2D eigenvalue weighted by Crippen LogP contribution is 2.28. The number of ether oxygens (including phenoxy) is 1. The molecule has 3 N–H and O–H groups in total. The molecule has 110 valence electrons. The fourth-order valence-corrected chi connectivity index (χ4v) is 2.33. The van der Waals surface area contributed by atoms with E-state index in [4.69, 9.17) is 4.74 Å². The second kappa shape index (κ2) is 5.24. The highest BCUT2D eigenvalue weighted by atomic mass is 16.5. The Morgan fingerprint density at radius 2 is 2.25 bits per heavy atom. The number of carbonyl (C=O) groups excluding carboxylic acids is 1. The van der Waals surface area contributed by atoms with Crippen molar-refractivity contribution in [3.63, 3.8) is 0 Å². The normalized spacial score (nSPS) is 25.6. The predicted octanol–water partition coefficient (Wildman–Crippen LogP) is 0.175. The molecule has 2 rings (SSSR count). The van der Waals surface area contributed by atoms with E-state index in [9.17, 15) is 14.7 Å². The Bertz CT molecular complexity index is 520. The van der Waals surface area contributed by atoms with E-state index < -0.39 is 17.4 Å². The second-order valence-corrected chi connectivity index (χ2v) is 5.45. The molecule has 2 atom stereocenters. The Balaban J connectivity index is 2.03. The van der Waals surface area contributed by atoms with Gasteiger partial charge >= 0.3 is 5.97 Å². The van der Waals surface area contributed by atoms with Gasteiger partial charge in [-0.05, 0) is 20.8 Å². The van der Waals surface area contributed by atoms with E-state index in [1.54, 1.807) is 6.92 Å². The van der Waals surface area contributed by atoms with Crippen molar-refractivity contribution < 1.29 is 19.4 Å². The molecule has 2 heterocycles. The van der Waals surface area contributed by atoms with Crippen LogP contribution in [0.25, 0.3) is 0 Å². The zero-order chi connectivity index (χ0) is 14.9. The quantitative estimate of drug-likeness (QED) is 0.730. The molecule has 0 saturated carbocycles. The van der Waals surface area contributed by atoms with E-state index in [1.807, 2.05) is 13.8 Å². The number of aromatic amines is 1. The van der Waals surface area contributed by atoms with Crippen molar-refractivity contribution >= 4 is 11.9 Å². The molecular formula is C13H19N3O4. The van der Waals surface area contributed by atoms with Gasteiger partial charge in [-0.1, -0.05) is 0 Å². The molecule has 1 amide bonds. The van der Waals surface area contributed by atoms with Crippen molar-refractivity contribution in [2.75, 3.05) is 13.2 Å². The maximum absolute atomic E-state index is 12.1. The summed E-state index contributed by atoms with van der Waals surface area (Å²) in [5.74, 6) is -1.18. The Morgan fingerprint density at radius 1 is 1.55 bits per heavy atom. The largest absolute Gasteiger partial charge is 0.481 e. The van der Waals surface area contributed by atoms with Crippen LogP contribution in [0, 0.1) is 19.3 Å². The third-order valence-corrected chi connectivity index (χ3v) is 3.90. The Morgan fingerprint density at radius 3 is 2.80 bits per heavy atom. The highest BCUT2D eigenvalue weighted by Gasteiger charge is 2.47. The number of carbonyl (C=O) groups is 2. The lowest BCUT2D eigenvalue weighted by Gasteiger charge is -2.25. The molecule has 20 heavy (non-hydrogen) atoms. The van der Waals surface area contributed by atoms with Crippen LogP contribution in [0.3, 0.4) is 0 Å². The maximum atomic E-state index is 12.1. The molecular weight excluding hydrogens is 262 g/mol. The molecule has 0 bridgehead atoms. The first-order valence-corrected chi connectivity index (χ1v) is 6.45. The van der Waals surface area contributed by atoms with Gasteiger partial charge in [-0.2, -0.15) is 5.10 Å². The van der Waals surface area contributed by atoms with Gasteiger partial charge in [-0.3, -0.25) is 14.7 Å². The zero-order valence-electron chi connectivity index (χ0n) is 11.8. The standard InChI is InChI=1S/C13H19N3O4/c1-7-9(8(2)16-15-7)4-11(17)14-10-5-20-6-13(10,3)12(18)19/h10H,4-6H2,1-3H3,(H,14,17)(H,15,16)(H,18,19). The van der Waals surface area contributed by atoms with Crippen LogP contribution in [0.4, 0.5) is 0 Å². The van der Waals surface area contributed by atoms with E-state index >= 15 is 0 Å². The van der Waals surface area contributed by atoms with Crippen LogP contribution in [-0.4, -0.2) is 46.4 Å². The molecule has 7 heteroatoms. The van der Waals surface area contributed by atoms with Gasteiger partial charge in [-0.25, -0.2) is 0 Å². The lowest BCUT2D eigenvalue weighted by Crippen LogP contribution is -2.50. The van der Waals surface area contributed by atoms with E-state index in [0.717, 1.165) is 17.0 Å². The number of H-pyrrole nitrogens is 1. The average molecular weight is 281 g/mol. The minimum absolute atomic E-state index is 0.108. The fourth-order valence-electron chi connectivity index (χ4n) is 2.33. The van der Waals surface area contributed by atoms with Crippen LogP contribution < -0.4 is 5.32 Å². The SMILES string of the molecule is Cc1n[nH]c(C)c1CC(=O)NC1COCC1(C)C(=O)O. The first kappa shape index (κ1) is 14.5. The number of carboxylic acid groups (broad SMARTS) is 1. The van der Waals surface area contributed by atoms with Crippen molar-refractivity contribution in [1.29, 1.82) is 0 Å². The first-order chi connectivity index (χ1) is 9.34. The molecule has 1 aliphatic rings. The second-order valence-electron chi connectivity index (χ2n) is 5.45. The molecule has 1 aromatic rings. The van der Waals surface area contributed by atoms with Crippen molar-refractivity contribution in [3.05, 3.63) is 17.0 Å². The maximum Gasteiger partial charge on any atom is 0.313 e. The van der Waals surface area contributed by atoms with Gasteiger partial charge in [0.2, 0.25) is 5.91 Å². The Kier molecular flexibility index (Phi) is 3.80. The zero-order valence-corrected chi connectivity index (χ0v) is 11.8. The lowest BCUT2D eigenvalue weighted by atomic mass is 9.85. The van der Waals surface area contributed by atoms with E-state index in [0.29, 0.717) is 0 Å². The lowest BCUT2D eigenvalue weighted by molar-refractivity contribution is -0.149. The highest BCUT2D eigenvalue weighted by molar-refractivity contribution is 5.82. The monoisotopic (exact) mass is 281 g/mol. The Labute approximate surface area is 116 Å². The summed E-state index contributed by atoms with van der Waals surface area (Å²) in [5, 5.41) is 18.9. The van der Waals surface area contributed by atoms with Crippen molar-refractivity contribution in [1.82, 2.24) is 15.5 Å². The number of aliphatic carboxylic acids is 1. The average Bonchev–Trinajstić information content (AvgIpc) is 2.88. The summed E-state index contributed by atoms with van der Waals surface area (Å²) in [5.41, 5.74) is 1.40. The van der Waals surface area contributed by atoms with Crippen LogP contribution in [0.1, 0.15) is 23.9 Å². The van der Waals surface area contributed by atoms with E-state index in [1.165, 1.54) is 0 Å². The van der Waals surface area contributed by atoms with Gasteiger partial charge in [0.05, 0.1) is 31.4 Å². The molecule has 7 nitrogen and oxygen atoms in total. The molecule has 1 saturated heterocycles. The number of hydrogen-bond donors (Lipinski definition) is 3. The van der Waals surface area contributed by atoms with Gasteiger partial charge in [0.15, 0.2) is 0 Å². The number of amides is 1. The number of carboxylic acids is 1. The van der Waals surface area contributed by atoms with Crippen LogP contribution in [-0.2, 0) is 20.7 Å². The van der Waals surface area contributed by atoms with Crippen LogP contribution in [0.5, 0.6) is 0 Å². The predicted molar refractivity (Wildman–Crippen MR) is 70.3 cm³/mol. The minimum Gasteiger partial charge on any atom is -0.481 e. The molecule has 1 aliphatic heterocycles. The number of nitrogens with one attached hydrogen (secondary N) is 2. The van der Waals surface area contributed by atoms with Crippen LogP contribution >= 0.6 is 0 Å². The molecule has 0 radical (unpaired) electrons. The molecule has 0 spiro atoms. The van der Waals surface area contributed by atoms with Crippen molar-refractivity contribution in [2.24, 2.45) is 5.41 Å². The summed E-state index contributed by atoms with van der Waals surface area (Å²) < 4.78 is 5.20. The summed E-state index contributed by atoms with van der Waals surface area (Å²) in [4.78, 5) is 23.4. The molecule has 0 aromatic carbocycles. The molecule has 0 aliphatic carbocycles. The summed E-state index contributed by atoms with van der Waals surface area (Å²) >= 11 is 0. The minimum atomic E-state index is -1.07. The third-order valence-electron chi connectivity index (χ3n) is 3.90. The van der Waals surface area contributed by atoms with Crippen LogP contribution in [0.2, 0.25) is 0 Å².